The SMILES string of the molecule is Cc1nc(C(=O)CC(=O)c2cnn3ccccc23)cs1. The van der Waals surface area contributed by atoms with Gasteiger partial charge in [0.25, 0.3) is 0 Å². The van der Waals surface area contributed by atoms with Gasteiger partial charge in [0, 0.05) is 11.6 Å². The van der Waals surface area contributed by atoms with E-state index in [0.29, 0.717) is 16.8 Å². The number of ketones is 2. The van der Waals surface area contributed by atoms with Crippen LogP contribution in [0.15, 0.2) is 36.0 Å². The highest BCUT2D eigenvalue weighted by molar-refractivity contribution is 7.09. The number of rotatable bonds is 4. The van der Waals surface area contributed by atoms with E-state index in [4.69, 9.17) is 0 Å². The second kappa shape index (κ2) is 4.97. The molecule has 3 rings (SSSR count). The lowest BCUT2D eigenvalue weighted by atomic mass is 10.1. The van der Waals surface area contributed by atoms with Crippen molar-refractivity contribution in [3.8, 4) is 0 Å². The first-order chi connectivity index (χ1) is 9.65. The third kappa shape index (κ3) is 2.25. The van der Waals surface area contributed by atoms with Crippen LogP contribution in [0.4, 0.5) is 0 Å². The summed E-state index contributed by atoms with van der Waals surface area (Å²) in [5, 5.41) is 6.59. The van der Waals surface area contributed by atoms with Gasteiger partial charge in [-0.05, 0) is 19.1 Å². The van der Waals surface area contributed by atoms with Gasteiger partial charge in [-0.15, -0.1) is 11.3 Å². The lowest BCUT2D eigenvalue weighted by Gasteiger charge is -1.97. The summed E-state index contributed by atoms with van der Waals surface area (Å²) < 4.78 is 1.62. The first-order valence-corrected chi connectivity index (χ1v) is 6.94. The van der Waals surface area contributed by atoms with Crippen molar-refractivity contribution < 1.29 is 9.59 Å². The zero-order valence-electron chi connectivity index (χ0n) is 10.7. The number of pyridine rings is 1. The molecule has 0 unspecified atom stereocenters. The Balaban J connectivity index is 1.84. The number of nitrogens with zero attached hydrogens (tertiary/aromatic N) is 3. The second-order valence-corrected chi connectivity index (χ2v) is 5.43. The van der Waals surface area contributed by atoms with E-state index < -0.39 is 0 Å². The number of Topliss-reactive ketones (excluding diaryl/α,β-unsaturated/α-hetero) is 2. The molecular formula is C14H11N3O2S. The van der Waals surface area contributed by atoms with Gasteiger partial charge in [-0.1, -0.05) is 6.07 Å². The molecule has 0 atom stereocenters. The summed E-state index contributed by atoms with van der Waals surface area (Å²) >= 11 is 1.40. The molecule has 0 saturated carbocycles. The van der Waals surface area contributed by atoms with Gasteiger partial charge >= 0.3 is 0 Å². The molecule has 6 heteroatoms. The van der Waals surface area contributed by atoms with Gasteiger partial charge in [0.05, 0.1) is 28.7 Å². The average Bonchev–Trinajstić information content (AvgIpc) is 3.04. The van der Waals surface area contributed by atoms with Crippen molar-refractivity contribution in [2.75, 3.05) is 0 Å². The smallest absolute Gasteiger partial charge is 0.189 e. The summed E-state index contributed by atoms with van der Waals surface area (Å²) in [6.45, 7) is 1.83. The Morgan fingerprint density at radius 3 is 2.90 bits per heavy atom. The van der Waals surface area contributed by atoms with Crippen molar-refractivity contribution in [2.24, 2.45) is 0 Å². The molecule has 0 bridgehead atoms. The maximum atomic E-state index is 12.2. The monoisotopic (exact) mass is 285 g/mol. The topological polar surface area (TPSA) is 64.3 Å². The second-order valence-electron chi connectivity index (χ2n) is 4.36. The van der Waals surface area contributed by atoms with Crippen molar-refractivity contribution in [3.63, 3.8) is 0 Å². The molecule has 0 aliphatic rings. The predicted octanol–water partition coefficient (Wildman–Crippen LogP) is 2.55. The standard InChI is InChI=1S/C14H11N3O2S/c1-9-16-11(8-20-9)14(19)6-13(18)10-7-15-17-5-3-2-4-12(10)17/h2-5,7-8H,6H2,1H3. The quantitative estimate of drug-likeness (QED) is 0.546. The normalized spacial score (nSPS) is 10.8. The van der Waals surface area contributed by atoms with Crippen molar-refractivity contribution in [1.29, 1.82) is 0 Å². The van der Waals surface area contributed by atoms with Crippen molar-refractivity contribution >= 4 is 28.4 Å². The van der Waals surface area contributed by atoms with E-state index in [1.54, 1.807) is 22.2 Å². The first-order valence-electron chi connectivity index (χ1n) is 6.06. The molecule has 0 radical (unpaired) electrons. The number of thiazole rings is 1. The van der Waals surface area contributed by atoms with Gasteiger partial charge in [-0.3, -0.25) is 9.59 Å². The molecular weight excluding hydrogens is 274 g/mol. The highest BCUT2D eigenvalue weighted by Gasteiger charge is 2.18. The summed E-state index contributed by atoms with van der Waals surface area (Å²) in [6, 6.07) is 5.47. The molecule has 3 aromatic rings. The van der Waals surface area contributed by atoms with E-state index in [1.807, 2.05) is 19.1 Å². The number of carbonyl (C=O) groups is 2. The Labute approximate surface area is 118 Å². The maximum Gasteiger partial charge on any atom is 0.189 e. The molecule has 0 spiro atoms. The molecule has 0 fully saturated rings. The number of hydrogen-bond acceptors (Lipinski definition) is 5. The van der Waals surface area contributed by atoms with Crippen LogP contribution in [0.2, 0.25) is 0 Å². The number of aryl methyl sites for hydroxylation is 1. The van der Waals surface area contributed by atoms with Gasteiger partial charge < -0.3 is 0 Å². The van der Waals surface area contributed by atoms with Crippen LogP contribution in [0.3, 0.4) is 0 Å². The van der Waals surface area contributed by atoms with Crippen LogP contribution >= 0.6 is 11.3 Å². The van der Waals surface area contributed by atoms with E-state index in [9.17, 15) is 9.59 Å². The molecule has 0 aliphatic carbocycles. The highest BCUT2D eigenvalue weighted by Crippen LogP contribution is 2.15. The lowest BCUT2D eigenvalue weighted by molar-refractivity contribution is 0.0892. The molecule has 3 heterocycles. The molecule has 0 aromatic carbocycles. The molecule has 0 N–H and O–H groups in total. The first kappa shape index (κ1) is 12.7. The van der Waals surface area contributed by atoms with Crippen LogP contribution in [0.5, 0.6) is 0 Å². The van der Waals surface area contributed by atoms with Gasteiger partial charge in [-0.2, -0.15) is 5.10 Å². The van der Waals surface area contributed by atoms with Gasteiger partial charge in [0.15, 0.2) is 11.6 Å². The fraction of sp³-hybridized carbons (Fsp3) is 0.143. The number of aromatic nitrogens is 3. The minimum absolute atomic E-state index is 0.181. The van der Waals surface area contributed by atoms with Crippen LogP contribution in [0.1, 0.15) is 32.3 Å². The van der Waals surface area contributed by atoms with E-state index in [-0.39, 0.29) is 18.0 Å². The van der Waals surface area contributed by atoms with E-state index >= 15 is 0 Å². The summed E-state index contributed by atoms with van der Waals surface area (Å²) in [5.41, 5.74) is 1.53. The van der Waals surface area contributed by atoms with E-state index in [0.717, 1.165) is 5.01 Å². The van der Waals surface area contributed by atoms with E-state index in [2.05, 4.69) is 10.1 Å². The fourth-order valence-corrected chi connectivity index (χ4v) is 2.59. The Bertz CT molecular complexity index is 803. The fourth-order valence-electron chi connectivity index (χ4n) is 1.97. The zero-order chi connectivity index (χ0) is 14.1. The highest BCUT2D eigenvalue weighted by atomic mass is 32.1. The van der Waals surface area contributed by atoms with Crippen LogP contribution in [-0.4, -0.2) is 26.2 Å². The third-order valence-electron chi connectivity index (χ3n) is 2.95. The Morgan fingerprint density at radius 2 is 2.15 bits per heavy atom. The van der Waals surface area contributed by atoms with Crippen LogP contribution < -0.4 is 0 Å². The van der Waals surface area contributed by atoms with Crippen LogP contribution in [0, 0.1) is 6.92 Å². The zero-order valence-corrected chi connectivity index (χ0v) is 11.6. The molecule has 20 heavy (non-hydrogen) atoms. The van der Waals surface area contributed by atoms with Crippen LogP contribution in [0.25, 0.3) is 5.52 Å². The number of carbonyl (C=O) groups excluding carboxylic acids is 2. The van der Waals surface area contributed by atoms with Crippen molar-refractivity contribution in [3.05, 3.63) is 52.2 Å². The summed E-state index contributed by atoms with van der Waals surface area (Å²) in [6.07, 6.45) is 3.08. The summed E-state index contributed by atoms with van der Waals surface area (Å²) in [4.78, 5) is 28.3. The molecule has 3 aromatic heterocycles. The molecule has 0 amide bonds. The third-order valence-corrected chi connectivity index (χ3v) is 3.73. The number of fused-ring (bicyclic) bond motifs is 1. The summed E-state index contributed by atoms with van der Waals surface area (Å²) in [7, 11) is 0. The molecule has 0 saturated heterocycles. The van der Waals surface area contributed by atoms with Gasteiger partial charge in [0.2, 0.25) is 0 Å². The summed E-state index contributed by atoms with van der Waals surface area (Å²) in [5.74, 6) is -0.489. The number of hydrogen-bond donors (Lipinski definition) is 0. The Hall–Kier alpha value is -2.34. The minimum Gasteiger partial charge on any atom is -0.294 e. The van der Waals surface area contributed by atoms with Gasteiger partial charge in [-0.25, -0.2) is 9.50 Å². The molecule has 5 nitrogen and oxygen atoms in total. The lowest BCUT2D eigenvalue weighted by Crippen LogP contribution is -2.08. The van der Waals surface area contributed by atoms with Crippen molar-refractivity contribution in [2.45, 2.75) is 13.3 Å². The largest absolute Gasteiger partial charge is 0.294 e. The average molecular weight is 285 g/mol. The van der Waals surface area contributed by atoms with Gasteiger partial charge in [0.1, 0.15) is 5.69 Å². The minimum atomic E-state index is -0.255. The van der Waals surface area contributed by atoms with E-state index in [1.165, 1.54) is 17.5 Å². The maximum absolute atomic E-state index is 12.2. The predicted molar refractivity (Wildman–Crippen MR) is 75.3 cm³/mol. The van der Waals surface area contributed by atoms with Crippen LogP contribution in [-0.2, 0) is 0 Å². The Kier molecular flexibility index (Phi) is 3.15. The Morgan fingerprint density at radius 1 is 1.30 bits per heavy atom. The molecule has 100 valence electrons. The molecule has 0 aliphatic heterocycles. The van der Waals surface area contributed by atoms with Crippen molar-refractivity contribution in [1.82, 2.24) is 14.6 Å².